The van der Waals surface area contributed by atoms with Gasteiger partial charge in [-0.25, -0.2) is 0 Å². The van der Waals surface area contributed by atoms with Gasteiger partial charge in [0.15, 0.2) is 0 Å². The van der Waals surface area contributed by atoms with Crippen molar-refractivity contribution >= 4 is 0 Å². The quantitative estimate of drug-likeness (QED) is 0.582. The van der Waals surface area contributed by atoms with E-state index in [9.17, 15) is 0 Å². The van der Waals surface area contributed by atoms with Crippen LogP contribution < -0.4 is 0 Å². The van der Waals surface area contributed by atoms with Gasteiger partial charge in [0, 0.05) is 18.0 Å². The Hall–Kier alpha value is -3.41. The molecule has 4 rings (SSSR count). The first-order valence-electron chi connectivity index (χ1n) is 7.13. The third-order valence-electron chi connectivity index (χ3n) is 3.35. The number of hydrogen-bond donors (Lipinski definition) is 0. The summed E-state index contributed by atoms with van der Waals surface area (Å²) in [7, 11) is 0. The lowest BCUT2D eigenvalue weighted by atomic mass is 10.1. The molecule has 0 saturated carbocycles. The van der Waals surface area contributed by atoms with Crippen molar-refractivity contribution in [1.82, 2.24) is 30.2 Å². The molecule has 6 nitrogen and oxygen atoms in total. The molecule has 6 heteroatoms. The lowest BCUT2D eigenvalue weighted by Gasteiger charge is -2.03. The third kappa shape index (κ3) is 2.69. The molecule has 4 aromatic rings. The van der Waals surface area contributed by atoms with Crippen molar-refractivity contribution in [2.45, 2.75) is 0 Å². The van der Waals surface area contributed by atoms with Gasteiger partial charge in [-0.1, -0.05) is 24.3 Å². The van der Waals surface area contributed by atoms with E-state index in [1.807, 2.05) is 60.7 Å². The molecule has 0 spiro atoms. The average Bonchev–Trinajstić information content (AvgIpc) is 3.14. The van der Waals surface area contributed by atoms with E-state index < -0.39 is 0 Å². The Labute approximate surface area is 132 Å². The third-order valence-corrected chi connectivity index (χ3v) is 3.35. The van der Waals surface area contributed by atoms with Crippen LogP contribution in [0.15, 0.2) is 73.1 Å². The van der Waals surface area contributed by atoms with Gasteiger partial charge in [0.1, 0.15) is 5.69 Å². The lowest BCUT2D eigenvalue weighted by molar-refractivity contribution is 0.720. The molecule has 0 radical (unpaired) electrons. The second-order valence-electron chi connectivity index (χ2n) is 4.88. The molecule has 110 valence electrons. The van der Waals surface area contributed by atoms with Crippen LogP contribution in [-0.2, 0) is 0 Å². The van der Waals surface area contributed by atoms with Gasteiger partial charge in [0.25, 0.3) is 0 Å². The number of pyridine rings is 2. The zero-order valence-corrected chi connectivity index (χ0v) is 12.1. The predicted octanol–water partition coefficient (Wildman–Crippen LogP) is 2.79. The number of tetrazole rings is 1. The predicted molar refractivity (Wildman–Crippen MR) is 85.6 cm³/mol. The Balaban J connectivity index is 1.71. The largest absolute Gasteiger partial charge is 0.256 e. The van der Waals surface area contributed by atoms with Gasteiger partial charge < -0.3 is 0 Å². The summed E-state index contributed by atoms with van der Waals surface area (Å²) in [6, 6.07) is 19.3. The van der Waals surface area contributed by atoms with Crippen LogP contribution in [0, 0.1) is 0 Å². The van der Waals surface area contributed by atoms with Crippen molar-refractivity contribution < 1.29 is 0 Å². The van der Waals surface area contributed by atoms with Gasteiger partial charge in [0.05, 0.1) is 11.4 Å². The van der Waals surface area contributed by atoms with Crippen LogP contribution in [0.4, 0.5) is 0 Å². The number of hydrogen-bond acceptors (Lipinski definition) is 5. The van der Waals surface area contributed by atoms with Crippen LogP contribution in [0.25, 0.3) is 28.5 Å². The first kappa shape index (κ1) is 13.3. The summed E-state index contributed by atoms with van der Waals surface area (Å²) < 4.78 is 0. The van der Waals surface area contributed by atoms with Crippen molar-refractivity contribution in [3.8, 4) is 28.5 Å². The normalized spacial score (nSPS) is 10.6. The van der Waals surface area contributed by atoms with E-state index in [-0.39, 0.29) is 0 Å². The van der Waals surface area contributed by atoms with E-state index in [2.05, 4.69) is 25.4 Å². The van der Waals surface area contributed by atoms with Crippen LogP contribution in [0.2, 0.25) is 0 Å². The molecule has 0 aliphatic heterocycles. The van der Waals surface area contributed by atoms with Gasteiger partial charge in [-0.2, -0.15) is 0 Å². The highest BCUT2D eigenvalue weighted by Gasteiger charge is 2.09. The fraction of sp³-hybridized carbons (Fsp3) is 0. The van der Waals surface area contributed by atoms with Gasteiger partial charge in [-0.3, -0.25) is 9.97 Å². The van der Waals surface area contributed by atoms with Crippen molar-refractivity contribution in [2.75, 3.05) is 0 Å². The minimum absolute atomic E-state index is 0.494. The second kappa shape index (κ2) is 5.76. The molecule has 23 heavy (non-hydrogen) atoms. The topological polar surface area (TPSA) is 69.4 Å². The number of aromatic nitrogens is 6. The molecule has 0 aliphatic carbocycles. The number of benzene rings is 1. The van der Waals surface area contributed by atoms with Crippen LogP contribution in [0.5, 0.6) is 0 Å². The minimum Gasteiger partial charge on any atom is -0.256 e. The van der Waals surface area contributed by atoms with E-state index in [0.717, 1.165) is 16.9 Å². The second-order valence-corrected chi connectivity index (χ2v) is 4.88. The van der Waals surface area contributed by atoms with E-state index in [4.69, 9.17) is 0 Å². The van der Waals surface area contributed by atoms with Gasteiger partial charge in [-0.05, 0) is 41.6 Å². The maximum absolute atomic E-state index is 4.40. The fourth-order valence-corrected chi connectivity index (χ4v) is 2.24. The molecule has 0 unspecified atom stereocenters. The zero-order chi connectivity index (χ0) is 15.5. The average molecular weight is 300 g/mol. The summed E-state index contributed by atoms with van der Waals surface area (Å²) in [6.07, 6.45) is 3.48. The summed E-state index contributed by atoms with van der Waals surface area (Å²) >= 11 is 0. The SMILES string of the molecule is c1ccc(-c2cccc(-n3nnc(-c4ccccn4)n3)c2)nc1. The molecule has 0 amide bonds. The van der Waals surface area contributed by atoms with E-state index in [1.54, 1.807) is 12.4 Å². The monoisotopic (exact) mass is 300 g/mol. The van der Waals surface area contributed by atoms with Crippen LogP contribution in [0.1, 0.15) is 0 Å². The molecule has 0 saturated heterocycles. The summed E-state index contributed by atoms with van der Waals surface area (Å²) in [5, 5.41) is 12.6. The molecular weight excluding hydrogens is 288 g/mol. The maximum Gasteiger partial charge on any atom is 0.223 e. The Morgan fingerprint density at radius 1 is 0.739 bits per heavy atom. The van der Waals surface area contributed by atoms with Crippen molar-refractivity contribution in [3.05, 3.63) is 73.1 Å². The Morgan fingerprint density at radius 3 is 2.26 bits per heavy atom. The van der Waals surface area contributed by atoms with Gasteiger partial charge >= 0.3 is 0 Å². The molecule has 1 aromatic carbocycles. The van der Waals surface area contributed by atoms with E-state index in [0.29, 0.717) is 11.5 Å². The molecule has 3 heterocycles. The zero-order valence-electron chi connectivity index (χ0n) is 12.1. The molecule has 0 bridgehead atoms. The molecule has 0 aliphatic rings. The van der Waals surface area contributed by atoms with Crippen LogP contribution in [0.3, 0.4) is 0 Å². The fourth-order valence-electron chi connectivity index (χ4n) is 2.24. The summed E-state index contributed by atoms with van der Waals surface area (Å²) in [6.45, 7) is 0. The molecule has 0 atom stereocenters. The first-order valence-corrected chi connectivity index (χ1v) is 7.13. The summed E-state index contributed by atoms with van der Waals surface area (Å²) in [5.41, 5.74) is 3.42. The smallest absolute Gasteiger partial charge is 0.223 e. The van der Waals surface area contributed by atoms with Crippen molar-refractivity contribution in [1.29, 1.82) is 0 Å². The highest BCUT2D eigenvalue weighted by atomic mass is 15.6. The number of nitrogens with zero attached hydrogens (tertiary/aromatic N) is 6. The Bertz CT molecular complexity index is 918. The van der Waals surface area contributed by atoms with Crippen molar-refractivity contribution in [2.24, 2.45) is 0 Å². The van der Waals surface area contributed by atoms with E-state index >= 15 is 0 Å². The Kier molecular flexibility index (Phi) is 3.32. The first-order chi connectivity index (χ1) is 11.4. The van der Waals surface area contributed by atoms with Gasteiger partial charge in [-0.15, -0.1) is 15.0 Å². The standard InChI is InChI=1S/C17H12N6/c1-3-10-18-15(8-1)13-6-5-7-14(12-13)23-21-17(20-22-23)16-9-2-4-11-19-16/h1-12H. The summed E-state index contributed by atoms with van der Waals surface area (Å²) in [4.78, 5) is 10.1. The van der Waals surface area contributed by atoms with Gasteiger partial charge in [0.2, 0.25) is 5.82 Å². The Morgan fingerprint density at radius 2 is 1.52 bits per heavy atom. The molecular formula is C17H12N6. The highest BCUT2D eigenvalue weighted by molar-refractivity contribution is 5.61. The number of rotatable bonds is 3. The molecule has 0 fully saturated rings. The van der Waals surface area contributed by atoms with Crippen LogP contribution >= 0.6 is 0 Å². The molecule has 0 N–H and O–H groups in total. The molecule has 3 aromatic heterocycles. The van der Waals surface area contributed by atoms with Crippen molar-refractivity contribution in [3.63, 3.8) is 0 Å². The van der Waals surface area contributed by atoms with E-state index in [1.165, 1.54) is 4.80 Å². The summed E-state index contributed by atoms with van der Waals surface area (Å²) in [5.74, 6) is 0.494. The van der Waals surface area contributed by atoms with Crippen LogP contribution in [-0.4, -0.2) is 30.2 Å². The lowest BCUT2D eigenvalue weighted by Crippen LogP contribution is -1.99. The maximum atomic E-state index is 4.40. The minimum atomic E-state index is 0.494. The highest BCUT2D eigenvalue weighted by Crippen LogP contribution is 2.19.